The lowest BCUT2D eigenvalue weighted by atomic mass is 10.2. The van der Waals surface area contributed by atoms with Crippen molar-refractivity contribution in [2.24, 2.45) is 5.10 Å². The highest BCUT2D eigenvalue weighted by Gasteiger charge is 2.19. The monoisotopic (exact) mass is 450 g/mol. The third-order valence-electron chi connectivity index (χ3n) is 4.54. The van der Waals surface area contributed by atoms with E-state index in [1.54, 1.807) is 37.3 Å². The molecule has 0 spiro atoms. The van der Waals surface area contributed by atoms with Crippen LogP contribution in [0.2, 0.25) is 0 Å². The van der Waals surface area contributed by atoms with Gasteiger partial charge in [-0.1, -0.05) is 35.5 Å². The van der Waals surface area contributed by atoms with E-state index < -0.39 is 5.25 Å². The molecule has 0 aliphatic rings. The SMILES string of the molecule is C=CCn1c(CNc2ccc(C)cc2)nnc1SC(C)C(=O)N/N=C/c1ccc(O)cc1. The van der Waals surface area contributed by atoms with Crippen LogP contribution in [0, 0.1) is 6.92 Å². The highest BCUT2D eigenvalue weighted by atomic mass is 32.2. The maximum atomic E-state index is 12.4. The van der Waals surface area contributed by atoms with E-state index in [-0.39, 0.29) is 11.7 Å². The van der Waals surface area contributed by atoms with E-state index in [4.69, 9.17) is 0 Å². The molecule has 3 N–H and O–H groups in total. The van der Waals surface area contributed by atoms with Crippen molar-refractivity contribution in [2.75, 3.05) is 5.32 Å². The largest absolute Gasteiger partial charge is 0.508 e. The molecule has 0 aliphatic carbocycles. The lowest BCUT2D eigenvalue weighted by molar-refractivity contribution is -0.120. The summed E-state index contributed by atoms with van der Waals surface area (Å²) in [5, 5.41) is 25.4. The molecule has 0 bridgehead atoms. The third-order valence-corrected chi connectivity index (χ3v) is 5.62. The fourth-order valence-corrected chi connectivity index (χ4v) is 3.61. The zero-order chi connectivity index (χ0) is 22.9. The lowest BCUT2D eigenvalue weighted by Crippen LogP contribution is -2.27. The van der Waals surface area contributed by atoms with Gasteiger partial charge in [0, 0.05) is 12.2 Å². The first-order valence-corrected chi connectivity index (χ1v) is 11.0. The summed E-state index contributed by atoms with van der Waals surface area (Å²) < 4.78 is 1.93. The predicted molar refractivity (Wildman–Crippen MR) is 128 cm³/mol. The van der Waals surface area contributed by atoms with E-state index in [0.717, 1.165) is 17.1 Å². The van der Waals surface area contributed by atoms with Gasteiger partial charge in [-0.3, -0.25) is 4.79 Å². The van der Waals surface area contributed by atoms with E-state index in [2.05, 4.69) is 32.6 Å². The Morgan fingerprint density at radius 2 is 1.94 bits per heavy atom. The molecule has 1 heterocycles. The minimum atomic E-state index is -0.433. The highest BCUT2D eigenvalue weighted by Crippen LogP contribution is 2.23. The number of phenolic OH excluding ortho intramolecular Hbond substituents is 1. The summed E-state index contributed by atoms with van der Waals surface area (Å²) in [5.41, 5.74) is 5.49. The molecule has 8 nitrogen and oxygen atoms in total. The van der Waals surface area contributed by atoms with E-state index >= 15 is 0 Å². The maximum absolute atomic E-state index is 12.4. The number of nitrogens with one attached hydrogen (secondary N) is 2. The second-order valence-corrected chi connectivity index (χ2v) is 8.41. The summed E-state index contributed by atoms with van der Waals surface area (Å²) in [5.74, 6) is 0.678. The molecule has 0 saturated heterocycles. The van der Waals surface area contributed by atoms with Crippen LogP contribution in [0.4, 0.5) is 5.69 Å². The van der Waals surface area contributed by atoms with Crippen molar-refractivity contribution in [3.63, 3.8) is 0 Å². The summed E-state index contributed by atoms with van der Waals surface area (Å²) in [6, 6.07) is 14.6. The number of benzene rings is 2. The van der Waals surface area contributed by atoms with Gasteiger partial charge >= 0.3 is 0 Å². The molecule has 3 rings (SSSR count). The Kier molecular flexibility index (Phi) is 8.04. The number of nitrogens with zero attached hydrogens (tertiary/aromatic N) is 4. The minimum absolute atomic E-state index is 0.174. The molecule has 1 atom stereocenters. The van der Waals surface area contributed by atoms with Crippen molar-refractivity contribution in [1.82, 2.24) is 20.2 Å². The number of hydrazone groups is 1. The number of aromatic nitrogens is 3. The molecule has 1 unspecified atom stereocenters. The summed E-state index contributed by atoms with van der Waals surface area (Å²) in [7, 11) is 0. The van der Waals surface area contributed by atoms with Crippen molar-refractivity contribution in [2.45, 2.75) is 37.3 Å². The number of phenols is 1. The smallest absolute Gasteiger partial charge is 0.253 e. The van der Waals surface area contributed by atoms with Crippen molar-refractivity contribution >= 4 is 29.6 Å². The van der Waals surface area contributed by atoms with E-state index in [1.807, 2.05) is 35.8 Å². The lowest BCUT2D eigenvalue weighted by Gasteiger charge is -2.12. The zero-order valence-electron chi connectivity index (χ0n) is 18.0. The number of carbonyl (C=O) groups excluding carboxylic acids is 1. The first-order chi connectivity index (χ1) is 15.5. The Labute approximate surface area is 191 Å². The molecule has 1 amide bonds. The number of hydrogen-bond acceptors (Lipinski definition) is 7. The van der Waals surface area contributed by atoms with Crippen molar-refractivity contribution in [1.29, 1.82) is 0 Å². The fraction of sp³-hybridized carbons (Fsp3) is 0.217. The minimum Gasteiger partial charge on any atom is -0.508 e. The first kappa shape index (κ1) is 23.1. The van der Waals surface area contributed by atoms with Crippen LogP contribution < -0.4 is 10.7 Å². The van der Waals surface area contributed by atoms with Gasteiger partial charge in [0.1, 0.15) is 5.75 Å². The Balaban J connectivity index is 1.59. The van der Waals surface area contributed by atoms with Crippen LogP contribution in [0.25, 0.3) is 0 Å². The normalized spacial score (nSPS) is 11.9. The Morgan fingerprint density at radius 1 is 1.22 bits per heavy atom. The Bertz CT molecular complexity index is 1080. The number of anilines is 1. The number of allylic oxidation sites excluding steroid dienone is 1. The van der Waals surface area contributed by atoms with Crippen LogP contribution in [0.15, 0.2) is 71.4 Å². The molecule has 9 heteroatoms. The summed E-state index contributed by atoms with van der Waals surface area (Å²) >= 11 is 1.31. The number of carbonyl (C=O) groups is 1. The van der Waals surface area contributed by atoms with Gasteiger partial charge in [-0.15, -0.1) is 16.8 Å². The van der Waals surface area contributed by atoms with Crippen LogP contribution >= 0.6 is 11.8 Å². The zero-order valence-corrected chi connectivity index (χ0v) is 18.8. The second-order valence-electron chi connectivity index (χ2n) is 7.10. The number of hydrogen-bond donors (Lipinski definition) is 3. The van der Waals surface area contributed by atoms with Crippen molar-refractivity contribution in [3.8, 4) is 5.75 Å². The average Bonchev–Trinajstić information content (AvgIpc) is 3.16. The average molecular weight is 451 g/mol. The summed E-state index contributed by atoms with van der Waals surface area (Å²) in [6.07, 6.45) is 3.29. The maximum Gasteiger partial charge on any atom is 0.253 e. The fourth-order valence-electron chi connectivity index (χ4n) is 2.74. The quantitative estimate of drug-likeness (QED) is 0.188. The molecular weight excluding hydrogens is 424 g/mol. The third kappa shape index (κ3) is 6.45. The van der Waals surface area contributed by atoms with Crippen LogP contribution in [-0.4, -0.2) is 37.2 Å². The van der Waals surface area contributed by atoms with Gasteiger partial charge in [0.2, 0.25) is 0 Å². The van der Waals surface area contributed by atoms with E-state index in [9.17, 15) is 9.90 Å². The molecule has 32 heavy (non-hydrogen) atoms. The Morgan fingerprint density at radius 3 is 2.62 bits per heavy atom. The van der Waals surface area contributed by atoms with Gasteiger partial charge < -0.3 is 15.0 Å². The molecule has 1 aromatic heterocycles. The van der Waals surface area contributed by atoms with Gasteiger partial charge in [0.15, 0.2) is 11.0 Å². The van der Waals surface area contributed by atoms with Gasteiger partial charge in [0.25, 0.3) is 5.91 Å². The van der Waals surface area contributed by atoms with E-state index in [0.29, 0.717) is 18.2 Å². The van der Waals surface area contributed by atoms with Crippen LogP contribution in [0.3, 0.4) is 0 Å². The number of amides is 1. The summed E-state index contributed by atoms with van der Waals surface area (Å²) in [6.45, 7) is 8.68. The number of thioether (sulfide) groups is 1. The topological polar surface area (TPSA) is 104 Å². The number of aryl methyl sites for hydroxylation is 1. The number of aromatic hydroxyl groups is 1. The molecule has 3 aromatic rings. The van der Waals surface area contributed by atoms with Crippen LogP contribution in [0.1, 0.15) is 23.9 Å². The van der Waals surface area contributed by atoms with Crippen LogP contribution in [0.5, 0.6) is 5.75 Å². The predicted octanol–water partition coefficient (Wildman–Crippen LogP) is 3.72. The van der Waals surface area contributed by atoms with Gasteiger partial charge in [-0.25, -0.2) is 5.43 Å². The standard InChI is InChI=1S/C23H26N6O2S/c1-4-13-29-21(15-24-19-9-5-16(2)6-10-19)26-28-23(29)32-17(3)22(31)27-25-14-18-7-11-20(30)12-8-18/h4-12,14,17,24,30H,1,13,15H2,2-3H3,(H,27,31)/b25-14+. The van der Waals surface area contributed by atoms with Crippen molar-refractivity contribution in [3.05, 3.63) is 78.1 Å². The van der Waals surface area contributed by atoms with Gasteiger partial charge in [-0.2, -0.15) is 5.10 Å². The number of rotatable bonds is 10. The molecule has 0 radical (unpaired) electrons. The highest BCUT2D eigenvalue weighted by molar-refractivity contribution is 8.00. The van der Waals surface area contributed by atoms with Crippen molar-refractivity contribution < 1.29 is 9.90 Å². The molecular formula is C23H26N6O2S. The molecule has 2 aromatic carbocycles. The second kappa shape index (κ2) is 11.1. The van der Waals surface area contributed by atoms with Gasteiger partial charge in [0.05, 0.1) is 18.0 Å². The molecule has 166 valence electrons. The molecule has 0 fully saturated rings. The molecule has 0 saturated carbocycles. The van der Waals surface area contributed by atoms with Gasteiger partial charge in [-0.05, 0) is 55.8 Å². The van der Waals surface area contributed by atoms with E-state index in [1.165, 1.54) is 23.5 Å². The summed E-state index contributed by atoms with van der Waals surface area (Å²) in [4.78, 5) is 12.4. The first-order valence-electron chi connectivity index (χ1n) is 10.1. The molecule has 0 aliphatic heterocycles. The van der Waals surface area contributed by atoms with Crippen LogP contribution in [-0.2, 0) is 17.9 Å². The Hall–Kier alpha value is -3.59.